The van der Waals surface area contributed by atoms with E-state index in [0.717, 1.165) is 6.42 Å². The van der Waals surface area contributed by atoms with E-state index in [9.17, 15) is 4.79 Å². The summed E-state index contributed by atoms with van der Waals surface area (Å²) in [7, 11) is 0. The van der Waals surface area contributed by atoms with Crippen molar-refractivity contribution < 1.29 is 12.4 Å². The Morgan fingerprint density at radius 2 is 2.25 bits per heavy atom. The molecule has 0 aliphatic heterocycles. The minimum absolute atomic E-state index is 0. The van der Waals surface area contributed by atoms with Crippen LogP contribution in [0.2, 0.25) is 0 Å². The molecule has 0 saturated carbocycles. The van der Waals surface area contributed by atoms with Crippen LogP contribution in [0.5, 0.6) is 0 Å². The number of carbonyl (C=O) groups is 1. The van der Waals surface area contributed by atoms with Crippen LogP contribution < -0.4 is 0 Å². The maximum Gasteiger partial charge on any atom is 2.00 e. The first-order valence-electron chi connectivity index (χ1n) is 2.40. The van der Waals surface area contributed by atoms with Crippen LogP contribution in [0, 0.1) is 0 Å². The second-order valence-corrected chi connectivity index (χ2v) is 1.34. The van der Waals surface area contributed by atoms with Crippen molar-refractivity contribution in [1.29, 1.82) is 0 Å². The Morgan fingerprint density at radius 3 is 2.38 bits per heavy atom. The van der Waals surface area contributed by atoms with Gasteiger partial charge in [-0.25, -0.2) is 0 Å². The molecular formula is C5H12MgO2. The summed E-state index contributed by atoms with van der Waals surface area (Å²) < 4.78 is 4.55. The summed E-state index contributed by atoms with van der Waals surface area (Å²) in [4.78, 5) is 9.98. The van der Waals surface area contributed by atoms with Crippen molar-refractivity contribution in [2.45, 2.75) is 20.3 Å². The normalized spacial score (nSPS) is 7.25. The standard InChI is InChI=1S/C5H10O2.Mg.2H/c1-3-4-7-5(2)6;;;/h3-4H2,1-2H3;;;/q;+2;2*-1. The van der Waals surface area contributed by atoms with E-state index in [-0.39, 0.29) is 31.9 Å². The van der Waals surface area contributed by atoms with E-state index in [4.69, 9.17) is 0 Å². The monoisotopic (exact) mass is 128 g/mol. The summed E-state index contributed by atoms with van der Waals surface area (Å²) in [6, 6.07) is 0. The van der Waals surface area contributed by atoms with Crippen LogP contribution >= 0.6 is 0 Å². The zero-order chi connectivity index (χ0) is 5.70. The Bertz CT molecular complexity index is 70.7. The van der Waals surface area contributed by atoms with Crippen LogP contribution in [0.15, 0.2) is 0 Å². The summed E-state index contributed by atoms with van der Waals surface area (Å²) in [5.41, 5.74) is 0. The Balaban J connectivity index is -0.0000000600. The number of carbonyl (C=O) groups excluding carboxylic acids is 1. The number of hydrogen-bond donors (Lipinski definition) is 0. The van der Waals surface area contributed by atoms with Crippen molar-refractivity contribution in [3.8, 4) is 0 Å². The third kappa shape index (κ3) is 9.53. The second-order valence-electron chi connectivity index (χ2n) is 1.34. The predicted molar refractivity (Wildman–Crippen MR) is 34.9 cm³/mol. The fourth-order valence-corrected chi connectivity index (χ4v) is 0.246. The van der Waals surface area contributed by atoms with Gasteiger partial charge in [-0.15, -0.1) is 0 Å². The molecule has 0 heterocycles. The number of esters is 1. The van der Waals surface area contributed by atoms with Crippen molar-refractivity contribution in [2.24, 2.45) is 0 Å². The molecule has 0 radical (unpaired) electrons. The molecule has 0 aliphatic carbocycles. The summed E-state index contributed by atoms with van der Waals surface area (Å²) >= 11 is 0. The summed E-state index contributed by atoms with van der Waals surface area (Å²) in [6.07, 6.45) is 0.902. The van der Waals surface area contributed by atoms with E-state index in [1.807, 2.05) is 6.92 Å². The largest absolute Gasteiger partial charge is 2.00 e. The molecule has 0 atom stereocenters. The maximum absolute atomic E-state index is 9.98. The molecule has 46 valence electrons. The average Bonchev–Trinajstić information content (AvgIpc) is 1.61. The van der Waals surface area contributed by atoms with Gasteiger partial charge in [-0.3, -0.25) is 4.79 Å². The van der Waals surface area contributed by atoms with Crippen LogP contribution in [0.1, 0.15) is 23.1 Å². The van der Waals surface area contributed by atoms with Gasteiger partial charge in [0.25, 0.3) is 0 Å². The van der Waals surface area contributed by atoms with Gasteiger partial charge in [0, 0.05) is 6.92 Å². The molecule has 0 saturated heterocycles. The molecule has 0 aromatic carbocycles. The zero-order valence-corrected chi connectivity index (χ0v) is 6.85. The third-order valence-electron chi connectivity index (χ3n) is 0.509. The molecule has 2 nitrogen and oxygen atoms in total. The molecule has 8 heavy (non-hydrogen) atoms. The van der Waals surface area contributed by atoms with E-state index < -0.39 is 0 Å². The van der Waals surface area contributed by atoms with Crippen LogP contribution in [-0.2, 0) is 9.53 Å². The molecule has 0 fully saturated rings. The first-order valence-corrected chi connectivity index (χ1v) is 2.40. The molecule has 0 bridgehead atoms. The van der Waals surface area contributed by atoms with E-state index in [1.54, 1.807) is 0 Å². The molecule has 0 aliphatic rings. The quantitative estimate of drug-likeness (QED) is 0.406. The topological polar surface area (TPSA) is 26.3 Å². The van der Waals surface area contributed by atoms with Crippen molar-refractivity contribution in [2.75, 3.05) is 6.61 Å². The fraction of sp³-hybridized carbons (Fsp3) is 0.800. The molecule has 0 spiro atoms. The van der Waals surface area contributed by atoms with Crippen molar-refractivity contribution in [1.82, 2.24) is 0 Å². The number of hydrogen-bond acceptors (Lipinski definition) is 2. The van der Waals surface area contributed by atoms with Gasteiger partial charge in [-0.2, -0.15) is 0 Å². The summed E-state index contributed by atoms with van der Waals surface area (Å²) in [5.74, 6) is -0.193. The minimum Gasteiger partial charge on any atom is -1.00 e. The molecule has 0 aromatic rings. The molecule has 0 aromatic heterocycles. The van der Waals surface area contributed by atoms with Crippen LogP contribution in [0.4, 0.5) is 0 Å². The Hall–Kier alpha value is 0.236. The van der Waals surface area contributed by atoms with Crippen molar-refractivity contribution in [3.63, 3.8) is 0 Å². The second kappa shape index (κ2) is 7.24. The maximum atomic E-state index is 9.98. The SMILES string of the molecule is CCCOC(C)=O.[H-].[H-].[Mg+2]. The Labute approximate surface area is 68.7 Å². The van der Waals surface area contributed by atoms with Crippen LogP contribution in [0.3, 0.4) is 0 Å². The predicted octanol–water partition coefficient (Wildman–Crippen LogP) is 0.804. The Kier molecular flexibility index (Phi) is 10.0. The van der Waals surface area contributed by atoms with E-state index in [2.05, 4.69) is 4.74 Å². The molecule has 3 heteroatoms. The van der Waals surface area contributed by atoms with Crippen LogP contribution in [0.25, 0.3) is 0 Å². The molecule has 0 amide bonds. The summed E-state index contributed by atoms with van der Waals surface area (Å²) in [6.45, 7) is 3.92. The smallest absolute Gasteiger partial charge is 1.00 e. The van der Waals surface area contributed by atoms with E-state index in [1.165, 1.54) is 6.92 Å². The van der Waals surface area contributed by atoms with Gasteiger partial charge in [0.15, 0.2) is 0 Å². The molecule has 0 unspecified atom stereocenters. The third-order valence-corrected chi connectivity index (χ3v) is 0.509. The van der Waals surface area contributed by atoms with Gasteiger partial charge in [-0.05, 0) is 6.42 Å². The van der Waals surface area contributed by atoms with Gasteiger partial charge in [0.05, 0.1) is 6.61 Å². The van der Waals surface area contributed by atoms with E-state index >= 15 is 0 Å². The number of ether oxygens (including phenoxy) is 1. The molecule has 0 rings (SSSR count). The van der Waals surface area contributed by atoms with E-state index in [0.29, 0.717) is 6.61 Å². The molecule has 0 N–H and O–H groups in total. The van der Waals surface area contributed by atoms with Crippen LogP contribution in [-0.4, -0.2) is 35.6 Å². The van der Waals surface area contributed by atoms with Gasteiger partial charge in [-0.1, -0.05) is 6.92 Å². The first-order chi connectivity index (χ1) is 3.27. The van der Waals surface area contributed by atoms with Crippen molar-refractivity contribution in [3.05, 3.63) is 0 Å². The van der Waals surface area contributed by atoms with Gasteiger partial charge < -0.3 is 7.59 Å². The Morgan fingerprint density at radius 1 is 1.75 bits per heavy atom. The zero-order valence-electron chi connectivity index (χ0n) is 7.44. The molecular weight excluding hydrogens is 116 g/mol. The van der Waals surface area contributed by atoms with Gasteiger partial charge >= 0.3 is 29.0 Å². The minimum atomic E-state index is -0.193. The first kappa shape index (κ1) is 11.1. The average molecular weight is 128 g/mol. The van der Waals surface area contributed by atoms with Crippen molar-refractivity contribution >= 4 is 29.0 Å². The van der Waals surface area contributed by atoms with Gasteiger partial charge in [0.1, 0.15) is 0 Å². The fourth-order valence-electron chi connectivity index (χ4n) is 0.246. The summed E-state index contributed by atoms with van der Waals surface area (Å²) in [5, 5.41) is 0. The number of rotatable bonds is 2. The van der Waals surface area contributed by atoms with Gasteiger partial charge in [0.2, 0.25) is 0 Å².